The van der Waals surface area contributed by atoms with Crippen LogP contribution in [-0.4, -0.2) is 38.0 Å². The summed E-state index contributed by atoms with van der Waals surface area (Å²) in [5.74, 6) is -0.305. The van der Waals surface area contributed by atoms with Gasteiger partial charge in [0.15, 0.2) is 0 Å². The minimum Gasteiger partial charge on any atom is -0.481 e. The van der Waals surface area contributed by atoms with Gasteiger partial charge in [0, 0.05) is 18.2 Å². The zero-order valence-corrected chi connectivity index (χ0v) is 20.0. The van der Waals surface area contributed by atoms with E-state index in [0.717, 1.165) is 18.2 Å². The van der Waals surface area contributed by atoms with Gasteiger partial charge in [0.1, 0.15) is 5.15 Å². The summed E-state index contributed by atoms with van der Waals surface area (Å²) in [4.78, 5) is 15.7. The predicted octanol–water partition coefficient (Wildman–Crippen LogP) is 5.21. The van der Waals surface area contributed by atoms with Crippen LogP contribution in [0.15, 0.2) is 41.3 Å². The molecule has 0 aliphatic heterocycles. The maximum atomic E-state index is 15.6. The average molecular weight is 523 g/mol. The van der Waals surface area contributed by atoms with Crippen molar-refractivity contribution < 1.29 is 35.5 Å². The Morgan fingerprint density at radius 3 is 2.41 bits per heavy atom. The van der Waals surface area contributed by atoms with Crippen LogP contribution in [-0.2, 0) is 16.0 Å². The topological polar surface area (TPSA) is 85.4 Å². The molecule has 1 saturated carbocycles. The van der Waals surface area contributed by atoms with Crippen LogP contribution in [0.1, 0.15) is 48.5 Å². The van der Waals surface area contributed by atoms with Crippen LogP contribution in [0.25, 0.3) is 0 Å². The first-order chi connectivity index (χ1) is 15.7. The highest BCUT2D eigenvalue weighted by molar-refractivity contribution is 7.92. The first-order valence-corrected chi connectivity index (χ1v) is 12.2. The van der Waals surface area contributed by atoms with Crippen LogP contribution >= 0.6 is 11.6 Å². The fraction of sp³-hybridized carbons (Fsp3) is 0.455. The van der Waals surface area contributed by atoms with Gasteiger partial charge in [-0.15, -0.1) is 0 Å². The highest BCUT2D eigenvalue weighted by atomic mass is 35.5. The van der Waals surface area contributed by atoms with Crippen LogP contribution in [0, 0.1) is 5.41 Å². The second-order valence-corrected chi connectivity index (χ2v) is 11.2. The second-order valence-electron chi connectivity index (χ2n) is 8.63. The molecule has 0 unspecified atom stereocenters. The van der Waals surface area contributed by atoms with E-state index in [2.05, 4.69) is 10.3 Å². The molecule has 1 N–H and O–H groups in total. The SMILES string of the molecule is COc1cc(C(=O)NCC2(C)CCC(F)(S(=O)(=O)c3cccc(C(F)(F)F)c3)CC2)cc(Cl)n1. The maximum Gasteiger partial charge on any atom is 0.416 e. The van der Waals surface area contributed by atoms with Gasteiger partial charge < -0.3 is 10.1 Å². The lowest BCUT2D eigenvalue weighted by molar-refractivity contribution is -0.137. The largest absolute Gasteiger partial charge is 0.481 e. The smallest absolute Gasteiger partial charge is 0.416 e. The molecule has 3 rings (SSSR count). The number of amides is 1. The van der Waals surface area contributed by atoms with Gasteiger partial charge in [-0.25, -0.2) is 17.8 Å². The van der Waals surface area contributed by atoms with E-state index in [9.17, 15) is 26.4 Å². The van der Waals surface area contributed by atoms with Crippen molar-refractivity contribution in [1.29, 1.82) is 0 Å². The van der Waals surface area contributed by atoms with Gasteiger partial charge in [0.05, 0.1) is 17.6 Å². The van der Waals surface area contributed by atoms with E-state index < -0.39 is 55.6 Å². The third-order valence-electron chi connectivity index (χ3n) is 6.07. The summed E-state index contributed by atoms with van der Waals surface area (Å²) in [7, 11) is -3.30. The van der Waals surface area contributed by atoms with E-state index >= 15 is 4.39 Å². The molecule has 1 aliphatic carbocycles. The molecule has 1 heterocycles. The number of carbonyl (C=O) groups is 1. The molecule has 1 aromatic carbocycles. The molecule has 1 amide bonds. The number of methoxy groups -OCH3 is 1. The molecule has 0 bridgehead atoms. The van der Waals surface area contributed by atoms with Gasteiger partial charge in [-0.1, -0.05) is 24.6 Å². The number of carbonyl (C=O) groups excluding carboxylic acids is 1. The lowest BCUT2D eigenvalue weighted by atomic mass is 9.74. The molecule has 1 fully saturated rings. The van der Waals surface area contributed by atoms with Crippen LogP contribution in [0.2, 0.25) is 5.15 Å². The number of halogens is 5. The number of hydrogen-bond acceptors (Lipinski definition) is 5. The molecule has 186 valence electrons. The summed E-state index contributed by atoms with van der Waals surface area (Å²) in [5.41, 5.74) is -1.56. The number of pyridine rings is 1. The Morgan fingerprint density at radius 1 is 1.18 bits per heavy atom. The lowest BCUT2D eigenvalue weighted by Gasteiger charge is -2.40. The molecule has 12 heteroatoms. The summed E-state index contributed by atoms with van der Waals surface area (Å²) >= 11 is 5.88. The highest BCUT2D eigenvalue weighted by Crippen LogP contribution is 2.47. The Bertz CT molecular complexity index is 1180. The third kappa shape index (κ3) is 5.46. The van der Waals surface area contributed by atoms with E-state index in [0.29, 0.717) is 6.07 Å². The van der Waals surface area contributed by atoms with Gasteiger partial charge in [0.2, 0.25) is 20.7 Å². The fourth-order valence-electron chi connectivity index (χ4n) is 3.83. The van der Waals surface area contributed by atoms with Crippen molar-refractivity contribution >= 4 is 27.3 Å². The minimum atomic E-state index is -4.75. The van der Waals surface area contributed by atoms with Gasteiger partial charge in [0.25, 0.3) is 5.91 Å². The first-order valence-electron chi connectivity index (χ1n) is 10.3. The zero-order valence-electron chi connectivity index (χ0n) is 18.4. The Hall–Kier alpha value is -2.40. The monoisotopic (exact) mass is 522 g/mol. The van der Waals surface area contributed by atoms with Gasteiger partial charge in [-0.3, -0.25) is 4.79 Å². The molecule has 2 aromatic rings. The van der Waals surface area contributed by atoms with Gasteiger partial charge >= 0.3 is 6.18 Å². The van der Waals surface area contributed by atoms with Crippen LogP contribution < -0.4 is 10.1 Å². The molecule has 0 spiro atoms. The number of sulfone groups is 1. The normalized spacial score (nSPS) is 23.4. The van der Waals surface area contributed by atoms with Crippen molar-refractivity contribution in [2.75, 3.05) is 13.7 Å². The van der Waals surface area contributed by atoms with Crippen molar-refractivity contribution in [3.05, 3.63) is 52.7 Å². The number of hydrogen-bond donors (Lipinski definition) is 1. The zero-order chi connectivity index (χ0) is 25.4. The summed E-state index contributed by atoms with van der Waals surface area (Å²) in [6.45, 7) is 1.91. The van der Waals surface area contributed by atoms with Crippen molar-refractivity contribution in [2.45, 2.75) is 48.7 Å². The third-order valence-corrected chi connectivity index (χ3v) is 8.51. The molecule has 0 saturated heterocycles. The average Bonchev–Trinajstić information content (AvgIpc) is 2.78. The van der Waals surface area contributed by atoms with Crippen molar-refractivity contribution in [1.82, 2.24) is 10.3 Å². The molecule has 6 nitrogen and oxygen atoms in total. The number of nitrogens with one attached hydrogen (secondary N) is 1. The molecule has 0 radical (unpaired) electrons. The van der Waals surface area contributed by atoms with E-state index in [1.807, 2.05) is 0 Å². The summed E-state index contributed by atoms with van der Waals surface area (Å²) < 4.78 is 85.4. The molecule has 0 atom stereocenters. The quantitative estimate of drug-likeness (QED) is 0.416. The summed E-state index contributed by atoms with van der Waals surface area (Å²) in [6.07, 6.45) is -5.37. The molecular formula is C22H23ClF4N2O4S. The molecule has 1 aromatic heterocycles. The van der Waals surface area contributed by atoms with Crippen molar-refractivity contribution in [3.63, 3.8) is 0 Å². The number of aromatic nitrogens is 1. The van der Waals surface area contributed by atoms with E-state index in [4.69, 9.17) is 16.3 Å². The van der Waals surface area contributed by atoms with Crippen LogP contribution in [0.5, 0.6) is 5.88 Å². The number of benzene rings is 1. The van der Waals surface area contributed by atoms with Crippen LogP contribution in [0.4, 0.5) is 17.6 Å². The Balaban J connectivity index is 1.69. The fourth-order valence-corrected chi connectivity index (χ4v) is 5.73. The second kappa shape index (κ2) is 9.33. The minimum absolute atomic E-state index is 0.0652. The number of alkyl halides is 4. The van der Waals surface area contributed by atoms with Crippen molar-refractivity contribution in [2.24, 2.45) is 5.41 Å². The number of ether oxygens (including phenoxy) is 1. The standard InChI is InChI=1S/C22H23ClF4N2O4S/c1-20(13-28-19(30)14-10-17(23)29-18(11-14)33-2)6-8-21(24,9-7-20)34(31,32)16-5-3-4-15(12-16)22(25,26)27/h3-5,10-12H,6-9,13H2,1-2H3,(H,28,30). The number of nitrogens with zero attached hydrogens (tertiary/aromatic N) is 1. The first kappa shape index (κ1) is 26.2. The van der Waals surface area contributed by atoms with E-state index in [1.54, 1.807) is 6.92 Å². The van der Waals surface area contributed by atoms with E-state index in [-0.39, 0.29) is 36.0 Å². The summed E-state index contributed by atoms with van der Waals surface area (Å²) in [6, 6.07) is 5.86. The highest BCUT2D eigenvalue weighted by Gasteiger charge is 2.50. The predicted molar refractivity (Wildman–Crippen MR) is 117 cm³/mol. The van der Waals surface area contributed by atoms with Gasteiger partial charge in [-0.05, 0) is 55.4 Å². The Labute approximate surface area is 199 Å². The molecular weight excluding hydrogens is 500 g/mol. The van der Waals surface area contributed by atoms with Crippen LogP contribution in [0.3, 0.4) is 0 Å². The molecule has 34 heavy (non-hydrogen) atoms. The van der Waals surface area contributed by atoms with Crippen molar-refractivity contribution in [3.8, 4) is 5.88 Å². The summed E-state index contributed by atoms with van der Waals surface area (Å²) in [5, 5.41) is 0.0953. The Morgan fingerprint density at radius 2 is 1.82 bits per heavy atom. The molecule has 1 aliphatic rings. The van der Waals surface area contributed by atoms with Gasteiger partial charge in [-0.2, -0.15) is 13.2 Å². The number of rotatable bonds is 6. The Kier molecular flexibility index (Phi) is 7.19. The maximum absolute atomic E-state index is 15.6. The van der Waals surface area contributed by atoms with E-state index in [1.165, 1.54) is 19.2 Å². The lowest BCUT2D eigenvalue weighted by Crippen LogP contribution is -2.45.